The lowest BCUT2D eigenvalue weighted by Crippen LogP contribution is -2.49. The number of fused-ring (bicyclic) bond motifs is 1. The van der Waals surface area contributed by atoms with Crippen molar-refractivity contribution in [2.24, 2.45) is 5.92 Å². The minimum atomic E-state index is -0.882. The second-order valence-corrected chi connectivity index (χ2v) is 8.52. The summed E-state index contributed by atoms with van der Waals surface area (Å²) in [6.45, 7) is 1.70. The molecule has 3 heterocycles. The summed E-state index contributed by atoms with van der Waals surface area (Å²) < 4.78 is 11.3. The van der Waals surface area contributed by atoms with Gasteiger partial charge in [-0.3, -0.25) is 9.59 Å². The third-order valence-electron chi connectivity index (χ3n) is 6.14. The number of ether oxygens (including phenoxy) is 1. The van der Waals surface area contributed by atoms with E-state index in [0.29, 0.717) is 40.5 Å². The van der Waals surface area contributed by atoms with Gasteiger partial charge in [0.05, 0.1) is 5.69 Å². The van der Waals surface area contributed by atoms with E-state index in [2.05, 4.69) is 30.7 Å². The standard InChI is InChI=1S/C22H25N7O4/c1-12-25-28-21(33-12)14-7-8-17-16(10-14)29(2)22(31)15(11-32-17)23-20(30)19-24-18(26-27-19)9-13-5-3-4-6-13/h7-8,10,13,15H,3-6,9,11H2,1-2H3,(H,23,30)(H,24,26,27)/t15-/m0/s1. The number of aromatic amines is 1. The van der Waals surface area contributed by atoms with Gasteiger partial charge in [0.1, 0.15) is 24.2 Å². The van der Waals surface area contributed by atoms with Crippen molar-refractivity contribution in [3.63, 3.8) is 0 Å². The van der Waals surface area contributed by atoms with Gasteiger partial charge in [0.2, 0.25) is 17.6 Å². The highest BCUT2D eigenvalue weighted by Crippen LogP contribution is 2.34. The molecular formula is C22H25N7O4. The monoisotopic (exact) mass is 451 g/mol. The van der Waals surface area contributed by atoms with Crippen LogP contribution in [-0.2, 0) is 11.2 Å². The number of benzene rings is 1. The first kappa shape index (κ1) is 21.1. The normalized spacial score (nSPS) is 18.7. The van der Waals surface area contributed by atoms with Gasteiger partial charge in [-0.05, 0) is 24.1 Å². The maximum Gasteiger partial charge on any atom is 0.289 e. The summed E-state index contributed by atoms with van der Waals surface area (Å²) in [4.78, 5) is 30.3. The van der Waals surface area contributed by atoms with Crippen LogP contribution in [-0.4, -0.2) is 56.9 Å². The van der Waals surface area contributed by atoms with Gasteiger partial charge in [0.25, 0.3) is 11.8 Å². The molecule has 2 amide bonds. The largest absolute Gasteiger partial charge is 0.489 e. The number of hydrogen-bond acceptors (Lipinski definition) is 8. The van der Waals surface area contributed by atoms with Crippen molar-refractivity contribution in [2.75, 3.05) is 18.6 Å². The quantitative estimate of drug-likeness (QED) is 0.601. The molecule has 1 fully saturated rings. The highest BCUT2D eigenvalue weighted by Gasteiger charge is 2.32. The van der Waals surface area contributed by atoms with E-state index in [1.165, 1.54) is 30.6 Å². The Balaban J connectivity index is 1.28. The average molecular weight is 451 g/mol. The number of aromatic nitrogens is 5. The molecular weight excluding hydrogens is 426 g/mol. The molecule has 172 valence electrons. The minimum Gasteiger partial charge on any atom is -0.489 e. The predicted octanol–water partition coefficient (Wildman–Crippen LogP) is 2.05. The highest BCUT2D eigenvalue weighted by atomic mass is 16.5. The molecule has 3 aromatic rings. The zero-order chi connectivity index (χ0) is 22.9. The van der Waals surface area contributed by atoms with E-state index in [0.717, 1.165) is 6.42 Å². The molecule has 2 aromatic heterocycles. The number of amides is 2. The molecule has 1 aromatic carbocycles. The van der Waals surface area contributed by atoms with Crippen LogP contribution in [0.15, 0.2) is 22.6 Å². The number of carbonyl (C=O) groups is 2. The van der Waals surface area contributed by atoms with E-state index >= 15 is 0 Å². The van der Waals surface area contributed by atoms with E-state index in [1.807, 2.05) is 0 Å². The molecule has 0 radical (unpaired) electrons. The molecule has 1 aliphatic carbocycles. The van der Waals surface area contributed by atoms with Crippen molar-refractivity contribution in [3.8, 4) is 17.2 Å². The molecule has 0 unspecified atom stereocenters. The minimum absolute atomic E-state index is 0.00993. The summed E-state index contributed by atoms with van der Waals surface area (Å²) in [5.74, 6) is 1.87. The Kier molecular flexibility index (Phi) is 5.53. The number of anilines is 1. The van der Waals surface area contributed by atoms with Gasteiger partial charge in [0, 0.05) is 26.0 Å². The molecule has 1 aliphatic heterocycles. The third-order valence-corrected chi connectivity index (χ3v) is 6.14. The smallest absolute Gasteiger partial charge is 0.289 e. The number of aryl methyl sites for hydroxylation is 1. The van der Waals surface area contributed by atoms with Crippen LogP contribution in [0.2, 0.25) is 0 Å². The summed E-state index contributed by atoms with van der Waals surface area (Å²) in [6.07, 6.45) is 5.61. The van der Waals surface area contributed by atoms with E-state index in [-0.39, 0.29) is 18.3 Å². The van der Waals surface area contributed by atoms with Gasteiger partial charge in [-0.2, -0.15) is 0 Å². The summed E-state index contributed by atoms with van der Waals surface area (Å²) in [5, 5.41) is 18.7. The Bertz CT molecular complexity index is 1180. The summed E-state index contributed by atoms with van der Waals surface area (Å²) >= 11 is 0. The van der Waals surface area contributed by atoms with Crippen molar-refractivity contribution in [1.82, 2.24) is 30.7 Å². The third kappa shape index (κ3) is 4.30. The molecule has 5 rings (SSSR count). The number of carbonyl (C=O) groups excluding carboxylic acids is 2. The predicted molar refractivity (Wildman–Crippen MR) is 117 cm³/mol. The second kappa shape index (κ2) is 8.64. The first-order chi connectivity index (χ1) is 16.0. The van der Waals surface area contributed by atoms with E-state index in [4.69, 9.17) is 9.15 Å². The fraction of sp³-hybridized carbons (Fsp3) is 0.455. The molecule has 0 saturated heterocycles. The fourth-order valence-corrected chi connectivity index (χ4v) is 4.35. The number of likely N-dealkylation sites (N-methyl/N-ethyl adjacent to an activating group) is 1. The molecule has 2 N–H and O–H groups in total. The Morgan fingerprint density at radius 3 is 2.79 bits per heavy atom. The highest BCUT2D eigenvalue weighted by molar-refractivity contribution is 6.02. The topological polar surface area (TPSA) is 139 Å². The van der Waals surface area contributed by atoms with Crippen LogP contribution in [0.3, 0.4) is 0 Å². The average Bonchev–Trinajstić information content (AvgIpc) is 3.57. The van der Waals surface area contributed by atoms with Crippen LogP contribution < -0.4 is 15.0 Å². The van der Waals surface area contributed by atoms with E-state index < -0.39 is 11.9 Å². The lowest BCUT2D eigenvalue weighted by atomic mass is 10.0. The van der Waals surface area contributed by atoms with E-state index in [1.54, 1.807) is 32.2 Å². The lowest BCUT2D eigenvalue weighted by molar-refractivity contribution is -0.120. The Morgan fingerprint density at radius 1 is 1.21 bits per heavy atom. The van der Waals surface area contributed by atoms with Gasteiger partial charge < -0.3 is 24.4 Å². The van der Waals surface area contributed by atoms with Gasteiger partial charge in [-0.1, -0.05) is 25.7 Å². The SMILES string of the molecule is Cc1nnc(-c2ccc3c(c2)N(C)C(=O)[C@@H](NC(=O)c2nnc(CC4CCCC4)[nH]2)CO3)o1. The van der Waals surface area contributed by atoms with Crippen LogP contribution >= 0.6 is 0 Å². The van der Waals surface area contributed by atoms with Crippen LogP contribution in [0.4, 0.5) is 5.69 Å². The van der Waals surface area contributed by atoms with Gasteiger partial charge in [0.15, 0.2) is 0 Å². The Hall–Kier alpha value is -3.76. The van der Waals surface area contributed by atoms with Gasteiger partial charge >= 0.3 is 0 Å². The van der Waals surface area contributed by atoms with Crippen LogP contribution in [0.1, 0.15) is 48.0 Å². The van der Waals surface area contributed by atoms with Crippen LogP contribution in [0, 0.1) is 12.8 Å². The zero-order valence-electron chi connectivity index (χ0n) is 18.5. The summed E-state index contributed by atoms with van der Waals surface area (Å²) in [5.41, 5.74) is 1.21. The van der Waals surface area contributed by atoms with Crippen molar-refractivity contribution in [2.45, 2.75) is 45.1 Å². The molecule has 0 bridgehead atoms. The zero-order valence-corrected chi connectivity index (χ0v) is 18.5. The van der Waals surface area contributed by atoms with Crippen molar-refractivity contribution < 1.29 is 18.7 Å². The first-order valence-corrected chi connectivity index (χ1v) is 11.1. The lowest BCUT2D eigenvalue weighted by Gasteiger charge is -2.20. The second-order valence-electron chi connectivity index (χ2n) is 8.52. The molecule has 1 atom stereocenters. The van der Waals surface area contributed by atoms with Crippen LogP contribution in [0.5, 0.6) is 5.75 Å². The summed E-state index contributed by atoms with van der Waals surface area (Å²) in [7, 11) is 1.63. The molecule has 11 nitrogen and oxygen atoms in total. The maximum atomic E-state index is 13.1. The molecule has 11 heteroatoms. The first-order valence-electron chi connectivity index (χ1n) is 11.1. The van der Waals surface area contributed by atoms with Crippen molar-refractivity contribution in [1.29, 1.82) is 0 Å². The molecule has 1 saturated carbocycles. The number of nitrogens with one attached hydrogen (secondary N) is 2. The number of rotatable bonds is 5. The summed E-state index contributed by atoms with van der Waals surface area (Å²) in [6, 6.07) is 4.39. The van der Waals surface area contributed by atoms with Gasteiger partial charge in [-0.25, -0.2) is 0 Å². The molecule has 0 spiro atoms. The number of nitrogens with zero attached hydrogens (tertiary/aromatic N) is 5. The Labute approximate surface area is 189 Å². The maximum absolute atomic E-state index is 13.1. The number of hydrogen-bond donors (Lipinski definition) is 2. The number of H-pyrrole nitrogens is 1. The van der Waals surface area contributed by atoms with E-state index in [9.17, 15) is 9.59 Å². The van der Waals surface area contributed by atoms with Gasteiger partial charge in [-0.15, -0.1) is 20.4 Å². The fourth-order valence-electron chi connectivity index (χ4n) is 4.35. The van der Waals surface area contributed by atoms with Crippen LogP contribution in [0.25, 0.3) is 11.5 Å². The van der Waals surface area contributed by atoms with Crippen molar-refractivity contribution >= 4 is 17.5 Å². The molecule has 2 aliphatic rings. The Morgan fingerprint density at radius 2 is 2.03 bits per heavy atom. The molecule has 33 heavy (non-hydrogen) atoms. The van der Waals surface area contributed by atoms with Crippen molar-refractivity contribution in [3.05, 3.63) is 35.7 Å².